The summed E-state index contributed by atoms with van der Waals surface area (Å²) in [6.45, 7) is 4.33. The lowest BCUT2D eigenvalue weighted by molar-refractivity contribution is -0.143. The Labute approximate surface area is 107 Å². The van der Waals surface area contributed by atoms with Gasteiger partial charge in [-0.05, 0) is 25.0 Å². The van der Waals surface area contributed by atoms with Crippen LogP contribution in [0.1, 0.15) is 48.5 Å². The molecule has 1 heterocycles. The smallest absolute Gasteiger partial charge is 0.306 e. The number of Topliss-reactive ketones (excluding diaryl/α,β-unsaturated/α-hetero) is 1. The van der Waals surface area contributed by atoms with E-state index < -0.39 is 0 Å². The number of nitrogens with zero attached hydrogens (tertiary/aromatic N) is 1. The van der Waals surface area contributed by atoms with Crippen LogP contribution in [0.4, 0.5) is 0 Å². The molecule has 1 aromatic rings. The van der Waals surface area contributed by atoms with Crippen LogP contribution in [0.5, 0.6) is 0 Å². The van der Waals surface area contributed by atoms with E-state index in [1.165, 1.54) is 0 Å². The molecule has 4 nitrogen and oxygen atoms in total. The molecule has 0 fully saturated rings. The summed E-state index contributed by atoms with van der Waals surface area (Å²) in [6, 6.07) is 1.78. The van der Waals surface area contributed by atoms with Crippen LogP contribution in [0.25, 0.3) is 0 Å². The normalized spacial score (nSPS) is 10.1. The number of aromatic nitrogens is 1. The first kappa shape index (κ1) is 14.4. The molecule has 0 spiro atoms. The third-order valence-corrected chi connectivity index (χ3v) is 2.66. The van der Waals surface area contributed by atoms with Crippen molar-refractivity contribution in [2.45, 2.75) is 39.5 Å². The minimum Gasteiger partial charge on any atom is -0.466 e. The summed E-state index contributed by atoms with van der Waals surface area (Å²) >= 11 is 0. The molecule has 0 unspecified atom stereocenters. The standard InChI is InChI=1S/C14H19NO3/c1-3-4-9-18-14(17)6-5-13(16)12-10-15-8-7-11(12)2/h7-8,10H,3-6,9H2,1-2H3. The molecule has 0 radical (unpaired) electrons. The van der Waals surface area contributed by atoms with Crippen LogP contribution in [0.15, 0.2) is 18.5 Å². The van der Waals surface area contributed by atoms with Crippen molar-refractivity contribution in [2.24, 2.45) is 0 Å². The number of esters is 1. The van der Waals surface area contributed by atoms with E-state index in [0.29, 0.717) is 12.2 Å². The highest BCUT2D eigenvalue weighted by Crippen LogP contribution is 2.10. The van der Waals surface area contributed by atoms with Gasteiger partial charge in [0.15, 0.2) is 5.78 Å². The zero-order valence-corrected chi connectivity index (χ0v) is 10.9. The molecular weight excluding hydrogens is 230 g/mol. The zero-order valence-electron chi connectivity index (χ0n) is 10.9. The van der Waals surface area contributed by atoms with E-state index in [9.17, 15) is 9.59 Å². The molecular formula is C14H19NO3. The summed E-state index contributed by atoms with van der Waals surface area (Å²) in [5.41, 5.74) is 1.47. The second kappa shape index (κ2) is 7.58. The van der Waals surface area contributed by atoms with E-state index in [2.05, 4.69) is 4.98 Å². The lowest BCUT2D eigenvalue weighted by atomic mass is 10.0. The van der Waals surface area contributed by atoms with Gasteiger partial charge in [0.05, 0.1) is 13.0 Å². The highest BCUT2D eigenvalue weighted by molar-refractivity contribution is 5.98. The first-order valence-corrected chi connectivity index (χ1v) is 6.24. The number of ketones is 1. The molecule has 0 aliphatic rings. The quantitative estimate of drug-likeness (QED) is 0.423. The summed E-state index contributed by atoms with van der Waals surface area (Å²) in [6.07, 6.45) is 5.35. The Hall–Kier alpha value is -1.71. The molecule has 18 heavy (non-hydrogen) atoms. The number of hydrogen-bond acceptors (Lipinski definition) is 4. The first-order chi connectivity index (χ1) is 8.65. The van der Waals surface area contributed by atoms with Gasteiger partial charge in [-0.15, -0.1) is 0 Å². The Balaban J connectivity index is 2.38. The summed E-state index contributed by atoms with van der Waals surface area (Å²) in [5.74, 6) is -0.369. The minimum absolute atomic E-state index is 0.0620. The Morgan fingerprint density at radius 1 is 1.33 bits per heavy atom. The van der Waals surface area contributed by atoms with Gasteiger partial charge in [0.25, 0.3) is 0 Å². The highest BCUT2D eigenvalue weighted by atomic mass is 16.5. The van der Waals surface area contributed by atoms with Crippen LogP contribution in [0, 0.1) is 6.92 Å². The monoisotopic (exact) mass is 249 g/mol. The topological polar surface area (TPSA) is 56.3 Å². The van der Waals surface area contributed by atoms with Crippen molar-refractivity contribution in [3.05, 3.63) is 29.6 Å². The number of carbonyl (C=O) groups is 2. The largest absolute Gasteiger partial charge is 0.466 e. The summed E-state index contributed by atoms with van der Waals surface area (Å²) < 4.78 is 4.99. The number of carbonyl (C=O) groups excluding carboxylic acids is 2. The number of aryl methyl sites for hydroxylation is 1. The van der Waals surface area contributed by atoms with E-state index in [-0.39, 0.29) is 24.6 Å². The van der Waals surface area contributed by atoms with Gasteiger partial charge in [0.2, 0.25) is 0 Å². The summed E-state index contributed by atoms with van der Waals surface area (Å²) in [5, 5.41) is 0. The lowest BCUT2D eigenvalue weighted by Gasteiger charge is -2.05. The molecule has 0 bridgehead atoms. The van der Waals surface area contributed by atoms with Crippen LogP contribution >= 0.6 is 0 Å². The predicted molar refractivity (Wildman–Crippen MR) is 68.4 cm³/mol. The average Bonchev–Trinajstić information content (AvgIpc) is 2.37. The maximum Gasteiger partial charge on any atom is 0.306 e. The van der Waals surface area contributed by atoms with Gasteiger partial charge < -0.3 is 4.74 Å². The number of rotatable bonds is 7. The van der Waals surface area contributed by atoms with Gasteiger partial charge >= 0.3 is 5.97 Å². The van der Waals surface area contributed by atoms with E-state index in [0.717, 1.165) is 18.4 Å². The summed E-state index contributed by atoms with van der Waals surface area (Å²) in [4.78, 5) is 27.1. The van der Waals surface area contributed by atoms with Crippen molar-refractivity contribution in [2.75, 3.05) is 6.61 Å². The number of pyridine rings is 1. The fourth-order valence-electron chi connectivity index (χ4n) is 1.51. The Bertz CT molecular complexity index is 415. The molecule has 98 valence electrons. The van der Waals surface area contributed by atoms with Gasteiger partial charge in [-0.2, -0.15) is 0 Å². The number of unbranched alkanes of at least 4 members (excludes halogenated alkanes) is 1. The molecule has 0 aliphatic carbocycles. The van der Waals surface area contributed by atoms with E-state index in [1.54, 1.807) is 18.5 Å². The fraction of sp³-hybridized carbons (Fsp3) is 0.500. The van der Waals surface area contributed by atoms with Crippen molar-refractivity contribution in [3.8, 4) is 0 Å². The molecule has 0 saturated carbocycles. The second-order valence-corrected chi connectivity index (χ2v) is 4.19. The Morgan fingerprint density at radius 2 is 2.11 bits per heavy atom. The van der Waals surface area contributed by atoms with E-state index >= 15 is 0 Å². The van der Waals surface area contributed by atoms with Crippen molar-refractivity contribution >= 4 is 11.8 Å². The van der Waals surface area contributed by atoms with Crippen LogP contribution in [-0.2, 0) is 9.53 Å². The molecule has 0 N–H and O–H groups in total. The third kappa shape index (κ3) is 4.65. The van der Waals surface area contributed by atoms with Gasteiger partial charge in [0, 0.05) is 24.4 Å². The Morgan fingerprint density at radius 3 is 2.78 bits per heavy atom. The van der Waals surface area contributed by atoms with Crippen LogP contribution in [-0.4, -0.2) is 23.3 Å². The maximum atomic E-state index is 11.9. The molecule has 0 aliphatic heterocycles. The SMILES string of the molecule is CCCCOC(=O)CCC(=O)c1cnccc1C. The predicted octanol–water partition coefficient (Wildman–Crippen LogP) is 2.70. The van der Waals surface area contributed by atoms with Gasteiger partial charge in [-0.1, -0.05) is 13.3 Å². The average molecular weight is 249 g/mol. The number of ether oxygens (including phenoxy) is 1. The molecule has 1 rings (SSSR count). The van der Waals surface area contributed by atoms with Crippen LogP contribution < -0.4 is 0 Å². The van der Waals surface area contributed by atoms with Gasteiger partial charge in [-0.25, -0.2) is 0 Å². The molecule has 1 aromatic heterocycles. The molecule has 0 aromatic carbocycles. The van der Waals surface area contributed by atoms with E-state index in [1.807, 2.05) is 13.8 Å². The van der Waals surface area contributed by atoms with E-state index in [4.69, 9.17) is 4.74 Å². The van der Waals surface area contributed by atoms with Crippen molar-refractivity contribution < 1.29 is 14.3 Å². The molecule has 0 atom stereocenters. The minimum atomic E-state index is -0.307. The van der Waals surface area contributed by atoms with Crippen LogP contribution in [0.2, 0.25) is 0 Å². The van der Waals surface area contributed by atoms with Crippen molar-refractivity contribution in [3.63, 3.8) is 0 Å². The first-order valence-electron chi connectivity index (χ1n) is 6.24. The van der Waals surface area contributed by atoms with Crippen molar-refractivity contribution in [1.29, 1.82) is 0 Å². The third-order valence-electron chi connectivity index (χ3n) is 2.66. The molecule has 0 saturated heterocycles. The van der Waals surface area contributed by atoms with Gasteiger partial charge in [0.1, 0.15) is 0 Å². The fourth-order valence-corrected chi connectivity index (χ4v) is 1.51. The summed E-state index contributed by atoms with van der Waals surface area (Å²) in [7, 11) is 0. The zero-order chi connectivity index (χ0) is 13.4. The van der Waals surface area contributed by atoms with Crippen LogP contribution in [0.3, 0.4) is 0 Å². The Kier molecular flexibility index (Phi) is 6.05. The maximum absolute atomic E-state index is 11.9. The van der Waals surface area contributed by atoms with Crippen molar-refractivity contribution in [1.82, 2.24) is 4.98 Å². The lowest BCUT2D eigenvalue weighted by Crippen LogP contribution is -2.10. The second-order valence-electron chi connectivity index (χ2n) is 4.19. The van der Waals surface area contributed by atoms with Gasteiger partial charge in [-0.3, -0.25) is 14.6 Å². The molecule has 4 heteroatoms. The highest BCUT2D eigenvalue weighted by Gasteiger charge is 2.12. The number of hydrogen-bond donors (Lipinski definition) is 0. The molecule has 0 amide bonds.